The maximum atomic E-state index is 6.09. The monoisotopic (exact) mass is 364 g/mol. The zero-order valence-corrected chi connectivity index (χ0v) is 14.2. The molecule has 0 amide bonds. The minimum atomic E-state index is 0.459. The average Bonchev–Trinajstić information content (AvgIpc) is 2.96. The summed E-state index contributed by atoms with van der Waals surface area (Å²) in [6.07, 6.45) is 0. The Kier molecular flexibility index (Phi) is 4.76. The fraction of sp³-hybridized carbons (Fsp3) is 0.294. The van der Waals surface area contributed by atoms with Crippen molar-refractivity contribution in [1.29, 1.82) is 0 Å². The summed E-state index contributed by atoms with van der Waals surface area (Å²) < 4.78 is 11.4. The third-order valence-corrected chi connectivity index (χ3v) is 5.51. The molecule has 0 saturated heterocycles. The van der Waals surface area contributed by atoms with Gasteiger partial charge in [0, 0.05) is 33.5 Å². The minimum Gasteiger partial charge on any atom is -0.497 e. The number of fused-ring (bicyclic) bond motifs is 1. The van der Waals surface area contributed by atoms with Gasteiger partial charge in [-0.2, -0.15) is 0 Å². The van der Waals surface area contributed by atoms with Gasteiger partial charge in [0.1, 0.15) is 11.5 Å². The SMILES string of the molecule is COc1ccc(CBr)c(OCC2CSc3ccccc32)c1. The lowest BCUT2D eigenvalue weighted by molar-refractivity contribution is 0.294. The van der Waals surface area contributed by atoms with E-state index in [1.165, 1.54) is 10.5 Å². The number of benzene rings is 2. The van der Waals surface area contributed by atoms with Gasteiger partial charge in [-0.15, -0.1) is 11.8 Å². The van der Waals surface area contributed by atoms with Crippen molar-refractivity contribution in [2.45, 2.75) is 16.1 Å². The molecule has 0 radical (unpaired) electrons. The van der Waals surface area contributed by atoms with E-state index < -0.39 is 0 Å². The summed E-state index contributed by atoms with van der Waals surface area (Å²) in [5, 5.41) is 0.780. The first-order valence-electron chi connectivity index (χ1n) is 6.89. The molecule has 1 aliphatic rings. The normalized spacial score (nSPS) is 16.6. The van der Waals surface area contributed by atoms with Crippen LogP contribution in [0, 0.1) is 0 Å². The van der Waals surface area contributed by atoms with Gasteiger partial charge in [-0.1, -0.05) is 40.2 Å². The molecule has 2 aromatic carbocycles. The van der Waals surface area contributed by atoms with E-state index in [9.17, 15) is 0 Å². The molecule has 4 heteroatoms. The summed E-state index contributed by atoms with van der Waals surface area (Å²) in [4.78, 5) is 1.39. The highest BCUT2D eigenvalue weighted by atomic mass is 79.9. The Morgan fingerprint density at radius 3 is 2.90 bits per heavy atom. The maximum Gasteiger partial charge on any atom is 0.127 e. The van der Waals surface area contributed by atoms with Gasteiger partial charge in [0.05, 0.1) is 13.7 Å². The summed E-state index contributed by atoms with van der Waals surface area (Å²) >= 11 is 5.42. The molecule has 0 bridgehead atoms. The molecule has 3 rings (SSSR count). The van der Waals surface area contributed by atoms with Crippen LogP contribution in [0.2, 0.25) is 0 Å². The molecule has 1 aliphatic heterocycles. The van der Waals surface area contributed by atoms with E-state index in [-0.39, 0.29) is 0 Å². The van der Waals surface area contributed by atoms with Crippen LogP contribution in [0.5, 0.6) is 11.5 Å². The smallest absolute Gasteiger partial charge is 0.127 e. The van der Waals surface area contributed by atoms with Crippen LogP contribution in [0.4, 0.5) is 0 Å². The summed E-state index contributed by atoms with van der Waals surface area (Å²) in [5.41, 5.74) is 2.56. The molecule has 21 heavy (non-hydrogen) atoms. The summed E-state index contributed by atoms with van der Waals surface area (Å²) in [7, 11) is 1.68. The average molecular weight is 365 g/mol. The second kappa shape index (κ2) is 6.75. The molecule has 2 nitrogen and oxygen atoms in total. The minimum absolute atomic E-state index is 0.459. The first-order chi connectivity index (χ1) is 10.3. The quantitative estimate of drug-likeness (QED) is 0.705. The van der Waals surface area contributed by atoms with Crippen molar-refractivity contribution < 1.29 is 9.47 Å². The molecule has 2 aromatic rings. The van der Waals surface area contributed by atoms with Crippen LogP contribution in [0.3, 0.4) is 0 Å². The van der Waals surface area contributed by atoms with Crippen LogP contribution in [-0.4, -0.2) is 19.5 Å². The van der Waals surface area contributed by atoms with Crippen molar-refractivity contribution in [3.63, 3.8) is 0 Å². The molecule has 1 atom stereocenters. The highest BCUT2D eigenvalue weighted by Gasteiger charge is 2.23. The Balaban J connectivity index is 1.74. The van der Waals surface area contributed by atoms with E-state index in [1.54, 1.807) is 7.11 Å². The lowest BCUT2D eigenvalue weighted by Gasteiger charge is -2.15. The molecule has 1 unspecified atom stereocenters. The Hall–Kier alpha value is -1.13. The van der Waals surface area contributed by atoms with E-state index in [2.05, 4.69) is 40.2 Å². The van der Waals surface area contributed by atoms with Gasteiger partial charge >= 0.3 is 0 Å². The maximum absolute atomic E-state index is 6.09. The predicted octanol–water partition coefficient (Wildman–Crippen LogP) is 4.86. The number of ether oxygens (including phenoxy) is 2. The number of hydrogen-bond acceptors (Lipinski definition) is 3. The van der Waals surface area contributed by atoms with E-state index in [4.69, 9.17) is 9.47 Å². The second-order valence-electron chi connectivity index (χ2n) is 4.96. The lowest BCUT2D eigenvalue weighted by atomic mass is 10.0. The first-order valence-corrected chi connectivity index (χ1v) is 9.00. The Labute approximate surface area is 138 Å². The number of alkyl halides is 1. The van der Waals surface area contributed by atoms with Crippen molar-refractivity contribution in [3.05, 3.63) is 53.6 Å². The van der Waals surface area contributed by atoms with Gasteiger partial charge in [-0.3, -0.25) is 0 Å². The fourth-order valence-electron chi connectivity index (χ4n) is 2.46. The second-order valence-corrected chi connectivity index (χ2v) is 6.59. The van der Waals surface area contributed by atoms with Crippen molar-refractivity contribution in [2.75, 3.05) is 19.5 Å². The largest absolute Gasteiger partial charge is 0.497 e. The standard InChI is InChI=1S/C17H17BrO2S/c1-19-14-7-6-12(9-18)16(8-14)20-10-13-11-21-17-5-3-2-4-15(13)17/h2-8,13H,9-11H2,1H3. The van der Waals surface area contributed by atoms with E-state index >= 15 is 0 Å². The number of thioether (sulfide) groups is 1. The zero-order chi connectivity index (χ0) is 14.7. The van der Waals surface area contributed by atoms with Crippen LogP contribution in [0.1, 0.15) is 17.0 Å². The predicted molar refractivity (Wildman–Crippen MR) is 91.0 cm³/mol. The van der Waals surface area contributed by atoms with Gasteiger partial charge < -0.3 is 9.47 Å². The van der Waals surface area contributed by atoms with E-state index in [1.807, 2.05) is 30.0 Å². The number of rotatable bonds is 5. The third kappa shape index (κ3) is 3.22. The highest BCUT2D eigenvalue weighted by Crippen LogP contribution is 2.39. The molecule has 0 aromatic heterocycles. The number of methoxy groups -OCH3 is 1. The Morgan fingerprint density at radius 1 is 1.24 bits per heavy atom. The topological polar surface area (TPSA) is 18.5 Å². The molecule has 0 saturated carbocycles. The van der Waals surface area contributed by atoms with Crippen molar-refractivity contribution >= 4 is 27.7 Å². The first kappa shape index (κ1) is 14.8. The Morgan fingerprint density at radius 2 is 2.10 bits per heavy atom. The van der Waals surface area contributed by atoms with Gasteiger partial charge in [0.25, 0.3) is 0 Å². The van der Waals surface area contributed by atoms with Gasteiger partial charge in [0.2, 0.25) is 0 Å². The third-order valence-electron chi connectivity index (χ3n) is 3.66. The molecular formula is C17H17BrO2S. The molecule has 1 heterocycles. The van der Waals surface area contributed by atoms with Crippen molar-refractivity contribution in [1.82, 2.24) is 0 Å². The van der Waals surface area contributed by atoms with Crippen LogP contribution < -0.4 is 9.47 Å². The number of hydrogen-bond donors (Lipinski definition) is 0. The van der Waals surface area contributed by atoms with Gasteiger partial charge in [-0.05, 0) is 17.7 Å². The zero-order valence-electron chi connectivity index (χ0n) is 11.8. The fourth-order valence-corrected chi connectivity index (χ4v) is 4.16. The van der Waals surface area contributed by atoms with E-state index in [0.717, 1.165) is 28.1 Å². The van der Waals surface area contributed by atoms with Crippen LogP contribution >= 0.6 is 27.7 Å². The molecule has 110 valence electrons. The summed E-state index contributed by atoms with van der Waals surface area (Å²) in [6.45, 7) is 0.706. The Bertz CT molecular complexity index is 630. The van der Waals surface area contributed by atoms with Gasteiger partial charge in [0.15, 0.2) is 0 Å². The lowest BCUT2D eigenvalue weighted by Crippen LogP contribution is -2.10. The van der Waals surface area contributed by atoms with Gasteiger partial charge in [-0.25, -0.2) is 0 Å². The summed E-state index contributed by atoms with van der Waals surface area (Å²) in [6, 6.07) is 14.6. The number of halogens is 1. The molecule has 0 spiro atoms. The molecule has 0 aliphatic carbocycles. The van der Waals surface area contributed by atoms with Crippen molar-refractivity contribution in [3.8, 4) is 11.5 Å². The van der Waals surface area contributed by atoms with E-state index in [0.29, 0.717) is 12.5 Å². The van der Waals surface area contributed by atoms with Crippen molar-refractivity contribution in [2.24, 2.45) is 0 Å². The van der Waals surface area contributed by atoms with Crippen LogP contribution in [0.15, 0.2) is 47.4 Å². The van der Waals surface area contributed by atoms with Crippen LogP contribution in [0.25, 0.3) is 0 Å². The summed E-state index contributed by atoms with van der Waals surface area (Å²) in [5.74, 6) is 3.28. The molecule has 0 N–H and O–H groups in total. The molecule has 0 fully saturated rings. The highest BCUT2D eigenvalue weighted by molar-refractivity contribution is 9.08. The molecular weight excluding hydrogens is 348 g/mol. The van der Waals surface area contributed by atoms with Crippen LogP contribution in [-0.2, 0) is 5.33 Å².